The van der Waals surface area contributed by atoms with E-state index in [1.54, 1.807) is 11.6 Å². The number of H-pyrrole nitrogens is 1. The minimum atomic E-state index is -0.00604. The summed E-state index contributed by atoms with van der Waals surface area (Å²) in [4.78, 5) is 20.1. The molecule has 1 N–H and O–H groups in total. The van der Waals surface area contributed by atoms with E-state index in [9.17, 15) is 4.79 Å². The smallest absolute Gasteiger partial charge is 0.253 e. The van der Waals surface area contributed by atoms with E-state index in [0.29, 0.717) is 17.2 Å². The lowest BCUT2D eigenvalue weighted by Gasteiger charge is -2.26. The molecule has 0 saturated carbocycles. The molecular weight excluding hydrogens is 378 g/mol. The molecule has 6 heteroatoms. The molecule has 152 valence electrons. The van der Waals surface area contributed by atoms with Gasteiger partial charge >= 0.3 is 0 Å². The second-order valence-corrected chi connectivity index (χ2v) is 7.89. The van der Waals surface area contributed by atoms with Crippen molar-refractivity contribution in [2.24, 2.45) is 7.05 Å². The zero-order valence-corrected chi connectivity index (χ0v) is 17.2. The van der Waals surface area contributed by atoms with Crippen molar-refractivity contribution in [1.82, 2.24) is 14.5 Å². The van der Waals surface area contributed by atoms with Gasteiger partial charge in [-0.25, -0.2) is 4.98 Å². The first-order chi connectivity index (χ1) is 14.5. The number of ether oxygens (including phenoxy) is 2. The number of aromatic nitrogens is 3. The second kappa shape index (κ2) is 7.15. The van der Waals surface area contributed by atoms with Crippen molar-refractivity contribution >= 4 is 11.0 Å². The number of imidazole rings is 1. The van der Waals surface area contributed by atoms with Gasteiger partial charge in [0.15, 0.2) is 5.75 Å². The van der Waals surface area contributed by atoms with Gasteiger partial charge in [0.25, 0.3) is 5.56 Å². The predicted molar refractivity (Wildman–Crippen MR) is 116 cm³/mol. The fourth-order valence-corrected chi connectivity index (χ4v) is 3.88. The Hall–Kier alpha value is -3.38. The van der Waals surface area contributed by atoms with Crippen LogP contribution >= 0.6 is 0 Å². The Balaban J connectivity index is 1.62. The zero-order chi connectivity index (χ0) is 20.8. The molecule has 0 unspecified atom stereocenters. The van der Waals surface area contributed by atoms with Gasteiger partial charge in [-0.1, -0.05) is 12.1 Å². The van der Waals surface area contributed by atoms with Gasteiger partial charge in [0.1, 0.15) is 17.1 Å². The van der Waals surface area contributed by atoms with Crippen LogP contribution in [-0.2, 0) is 11.8 Å². The third-order valence-electron chi connectivity index (χ3n) is 5.61. The molecule has 0 radical (unpaired) electrons. The van der Waals surface area contributed by atoms with Crippen LogP contribution < -0.4 is 10.3 Å². The van der Waals surface area contributed by atoms with Crippen LogP contribution in [0.5, 0.6) is 11.5 Å². The second-order valence-electron chi connectivity index (χ2n) is 7.89. The van der Waals surface area contributed by atoms with Crippen molar-refractivity contribution in [2.75, 3.05) is 13.2 Å². The number of aryl methyl sites for hydroxylation is 3. The zero-order valence-electron chi connectivity index (χ0n) is 17.2. The molecule has 3 heterocycles. The van der Waals surface area contributed by atoms with Crippen molar-refractivity contribution in [1.29, 1.82) is 0 Å². The van der Waals surface area contributed by atoms with Crippen LogP contribution in [0, 0.1) is 13.8 Å². The van der Waals surface area contributed by atoms with Gasteiger partial charge in [-0.15, -0.1) is 0 Å². The predicted octanol–water partition coefficient (Wildman–Crippen LogP) is 4.45. The highest BCUT2D eigenvalue weighted by Gasteiger charge is 2.21. The molecule has 1 aliphatic rings. The summed E-state index contributed by atoms with van der Waals surface area (Å²) < 4.78 is 13.3. The molecule has 0 atom stereocenters. The van der Waals surface area contributed by atoms with Gasteiger partial charge in [-0.3, -0.25) is 4.79 Å². The quantitative estimate of drug-likeness (QED) is 0.548. The van der Waals surface area contributed by atoms with Gasteiger partial charge in [-0.05, 0) is 49.7 Å². The average molecular weight is 401 g/mol. The Morgan fingerprint density at radius 2 is 1.90 bits per heavy atom. The maximum absolute atomic E-state index is 12.2. The third-order valence-corrected chi connectivity index (χ3v) is 5.61. The van der Waals surface area contributed by atoms with E-state index < -0.39 is 0 Å². The number of pyridine rings is 1. The summed E-state index contributed by atoms with van der Waals surface area (Å²) in [6.45, 7) is 5.31. The molecule has 2 aromatic heterocycles. The SMILES string of the molecule is Cc1nc2c(Oc3ccc(C4COC4)cc3)c(-c3cc(C)c(=O)n(C)c3)ccc2[nH]1. The first-order valence-corrected chi connectivity index (χ1v) is 10.0. The molecule has 1 fully saturated rings. The van der Waals surface area contributed by atoms with Crippen molar-refractivity contribution in [3.8, 4) is 22.6 Å². The molecule has 1 saturated heterocycles. The van der Waals surface area contributed by atoms with Crippen molar-refractivity contribution in [3.63, 3.8) is 0 Å². The molecule has 0 aliphatic carbocycles. The van der Waals surface area contributed by atoms with Crippen LogP contribution in [0.25, 0.3) is 22.2 Å². The maximum Gasteiger partial charge on any atom is 0.253 e. The highest BCUT2D eigenvalue weighted by atomic mass is 16.5. The highest BCUT2D eigenvalue weighted by Crippen LogP contribution is 2.39. The van der Waals surface area contributed by atoms with Crippen molar-refractivity contribution < 1.29 is 9.47 Å². The number of nitrogens with zero attached hydrogens (tertiary/aromatic N) is 2. The molecular formula is C24H23N3O3. The summed E-state index contributed by atoms with van der Waals surface area (Å²) in [5.41, 5.74) is 5.43. The third kappa shape index (κ3) is 3.19. The molecule has 0 bridgehead atoms. The highest BCUT2D eigenvalue weighted by molar-refractivity contribution is 5.91. The Labute approximate surface area is 174 Å². The van der Waals surface area contributed by atoms with E-state index in [1.165, 1.54) is 5.56 Å². The van der Waals surface area contributed by atoms with Gasteiger partial charge in [0.05, 0.1) is 18.7 Å². The standard InChI is InChI=1S/C24H23N3O3/c1-14-10-17(11-27(3)24(14)28)20-8-9-21-22(26-15(2)25-21)23(20)30-19-6-4-16(5-7-19)18-12-29-13-18/h4-11,18H,12-13H2,1-3H3,(H,25,26). The number of hydrogen-bond acceptors (Lipinski definition) is 4. The maximum atomic E-state index is 12.2. The van der Waals surface area contributed by atoms with E-state index in [0.717, 1.165) is 46.9 Å². The number of benzene rings is 2. The molecule has 6 nitrogen and oxygen atoms in total. The van der Waals surface area contributed by atoms with Gasteiger partial charge in [-0.2, -0.15) is 0 Å². The minimum Gasteiger partial charge on any atom is -0.454 e. The van der Waals surface area contributed by atoms with Crippen LogP contribution in [0.2, 0.25) is 0 Å². The van der Waals surface area contributed by atoms with Crippen LogP contribution in [-0.4, -0.2) is 27.7 Å². The van der Waals surface area contributed by atoms with Gasteiger partial charge in [0, 0.05) is 35.9 Å². The van der Waals surface area contributed by atoms with E-state index in [2.05, 4.69) is 22.1 Å². The summed E-state index contributed by atoms with van der Waals surface area (Å²) in [7, 11) is 1.76. The fourth-order valence-electron chi connectivity index (χ4n) is 3.88. The number of fused-ring (bicyclic) bond motifs is 1. The van der Waals surface area contributed by atoms with Gasteiger partial charge in [0.2, 0.25) is 0 Å². The molecule has 2 aromatic carbocycles. The normalized spacial score (nSPS) is 14.1. The molecule has 0 spiro atoms. The molecule has 30 heavy (non-hydrogen) atoms. The van der Waals surface area contributed by atoms with E-state index in [-0.39, 0.29) is 5.56 Å². The minimum absolute atomic E-state index is 0.00604. The summed E-state index contributed by atoms with van der Waals surface area (Å²) in [6, 6.07) is 14.1. The topological polar surface area (TPSA) is 69.1 Å². The lowest BCUT2D eigenvalue weighted by atomic mass is 9.98. The fraction of sp³-hybridized carbons (Fsp3) is 0.250. The number of rotatable bonds is 4. The number of nitrogens with one attached hydrogen (secondary N) is 1. The lowest BCUT2D eigenvalue weighted by Crippen LogP contribution is -2.24. The van der Waals surface area contributed by atoms with Gasteiger partial charge < -0.3 is 19.0 Å². The lowest BCUT2D eigenvalue weighted by molar-refractivity contribution is 0.00841. The first-order valence-electron chi connectivity index (χ1n) is 10.0. The number of aromatic amines is 1. The van der Waals surface area contributed by atoms with Crippen LogP contribution in [0.1, 0.15) is 22.9 Å². The molecule has 0 amide bonds. The van der Waals surface area contributed by atoms with Crippen molar-refractivity contribution in [3.05, 3.63) is 76.0 Å². The molecule has 1 aliphatic heterocycles. The Bertz CT molecular complexity index is 1270. The Kier molecular flexibility index (Phi) is 4.44. The first kappa shape index (κ1) is 18.6. The van der Waals surface area contributed by atoms with E-state index in [1.807, 2.05) is 50.4 Å². The molecule has 4 aromatic rings. The van der Waals surface area contributed by atoms with E-state index in [4.69, 9.17) is 9.47 Å². The summed E-state index contributed by atoms with van der Waals surface area (Å²) in [5.74, 6) is 2.72. The summed E-state index contributed by atoms with van der Waals surface area (Å²) >= 11 is 0. The van der Waals surface area contributed by atoms with Crippen molar-refractivity contribution in [2.45, 2.75) is 19.8 Å². The van der Waals surface area contributed by atoms with Crippen LogP contribution in [0.4, 0.5) is 0 Å². The Morgan fingerprint density at radius 3 is 2.57 bits per heavy atom. The average Bonchev–Trinajstić information content (AvgIpc) is 3.07. The Morgan fingerprint density at radius 1 is 1.13 bits per heavy atom. The number of hydrogen-bond donors (Lipinski definition) is 1. The summed E-state index contributed by atoms with van der Waals surface area (Å²) in [5, 5.41) is 0. The van der Waals surface area contributed by atoms with E-state index >= 15 is 0 Å². The monoisotopic (exact) mass is 401 g/mol. The largest absolute Gasteiger partial charge is 0.454 e. The van der Waals surface area contributed by atoms with Crippen LogP contribution in [0.15, 0.2) is 53.5 Å². The van der Waals surface area contributed by atoms with Crippen LogP contribution in [0.3, 0.4) is 0 Å². The molecule has 5 rings (SSSR count). The summed E-state index contributed by atoms with van der Waals surface area (Å²) in [6.07, 6.45) is 1.84.